The van der Waals surface area contributed by atoms with E-state index in [1.165, 1.54) is 0 Å². The van der Waals surface area contributed by atoms with Gasteiger partial charge in [0.05, 0.1) is 11.2 Å². The van der Waals surface area contributed by atoms with Crippen molar-refractivity contribution in [3.05, 3.63) is 58.2 Å². The van der Waals surface area contributed by atoms with E-state index < -0.39 is 5.41 Å². The maximum atomic E-state index is 13.0. The van der Waals surface area contributed by atoms with Gasteiger partial charge in [0.25, 0.3) is 5.91 Å². The van der Waals surface area contributed by atoms with E-state index in [0.717, 1.165) is 17.0 Å². The first kappa shape index (κ1) is 20.3. The van der Waals surface area contributed by atoms with E-state index in [1.807, 2.05) is 37.4 Å². The Morgan fingerprint density at radius 1 is 1.33 bits per heavy atom. The van der Waals surface area contributed by atoms with Crippen molar-refractivity contribution < 1.29 is 9.59 Å². The molecule has 0 saturated carbocycles. The zero-order valence-electron chi connectivity index (χ0n) is 17.5. The fourth-order valence-corrected chi connectivity index (χ4v) is 4.39. The minimum Gasteiger partial charge on any atom is -0.318 e. The van der Waals surface area contributed by atoms with Crippen LogP contribution >= 0.6 is 11.3 Å². The van der Waals surface area contributed by atoms with Crippen LogP contribution < -0.4 is 10.2 Å². The quantitative estimate of drug-likeness (QED) is 0.672. The number of hydrogen-bond donors (Lipinski definition) is 1. The molecule has 1 N–H and O–H groups in total. The summed E-state index contributed by atoms with van der Waals surface area (Å²) in [5.74, 6) is 0.393. The lowest BCUT2D eigenvalue weighted by atomic mass is 9.92. The van der Waals surface area contributed by atoms with Crippen molar-refractivity contribution in [1.82, 2.24) is 14.8 Å². The van der Waals surface area contributed by atoms with Gasteiger partial charge >= 0.3 is 0 Å². The van der Waals surface area contributed by atoms with Crippen LogP contribution in [0.1, 0.15) is 54.0 Å². The number of nitrogens with one attached hydrogen (secondary N) is 1. The third-order valence-electron chi connectivity index (χ3n) is 5.57. The number of nitrogens with zero attached hydrogens (tertiary/aromatic N) is 4. The summed E-state index contributed by atoms with van der Waals surface area (Å²) < 4.78 is 1.62. The molecule has 1 fully saturated rings. The molecule has 0 radical (unpaired) electrons. The van der Waals surface area contributed by atoms with Gasteiger partial charge in [-0.2, -0.15) is 5.10 Å². The van der Waals surface area contributed by atoms with Crippen LogP contribution in [0.5, 0.6) is 0 Å². The van der Waals surface area contributed by atoms with Crippen LogP contribution in [-0.2, 0) is 11.8 Å². The van der Waals surface area contributed by atoms with Crippen LogP contribution in [0.2, 0.25) is 0 Å². The fourth-order valence-electron chi connectivity index (χ4n) is 3.67. The highest BCUT2D eigenvalue weighted by Crippen LogP contribution is 2.36. The number of rotatable bonds is 5. The molecule has 0 spiro atoms. The van der Waals surface area contributed by atoms with Crippen molar-refractivity contribution in [2.24, 2.45) is 12.5 Å². The molecule has 1 unspecified atom stereocenters. The largest absolute Gasteiger partial charge is 0.318 e. The summed E-state index contributed by atoms with van der Waals surface area (Å²) in [7, 11) is 1.78. The van der Waals surface area contributed by atoms with Gasteiger partial charge in [-0.3, -0.25) is 19.2 Å². The molecule has 1 aromatic carbocycles. The maximum Gasteiger partial charge on any atom is 0.255 e. The Morgan fingerprint density at radius 3 is 2.80 bits per heavy atom. The van der Waals surface area contributed by atoms with Gasteiger partial charge in [-0.1, -0.05) is 32.9 Å². The van der Waals surface area contributed by atoms with E-state index in [-0.39, 0.29) is 17.7 Å². The van der Waals surface area contributed by atoms with Crippen molar-refractivity contribution in [3.8, 4) is 0 Å². The molecule has 1 saturated heterocycles. The van der Waals surface area contributed by atoms with Crippen LogP contribution in [0.4, 0.5) is 11.5 Å². The zero-order chi connectivity index (χ0) is 21.5. The van der Waals surface area contributed by atoms with Crippen LogP contribution in [0.3, 0.4) is 0 Å². The summed E-state index contributed by atoms with van der Waals surface area (Å²) in [6, 6.07) is 7.56. The average molecular weight is 424 g/mol. The van der Waals surface area contributed by atoms with E-state index in [0.29, 0.717) is 23.6 Å². The molecule has 30 heavy (non-hydrogen) atoms. The summed E-state index contributed by atoms with van der Waals surface area (Å²) in [5.41, 5.74) is 1.70. The second-order valence-corrected chi connectivity index (χ2v) is 9.23. The van der Waals surface area contributed by atoms with Crippen LogP contribution in [0.15, 0.2) is 42.0 Å². The maximum absolute atomic E-state index is 13.0. The van der Waals surface area contributed by atoms with Gasteiger partial charge in [-0.05, 0) is 24.1 Å². The van der Waals surface area contributed by atoms with Gasteiger partial charge < -0.3 is 5.32 Å². The lowest BCUT2D eigenvalue weighted by molar-refractivity contribution is -0.124. The highest BCUT2D eigenvalue weighted by molar-refractivity contribution is 7.09. The summed E-state index contributed by atoms with van der Waals surface area (Å²) in [6.07, 6.45) is 4.28. The second-order valence-electron chi connectivity index (χ2n) is 8.30. The molecule has 156 valence electrons. The normalized spacial score (nSPS) is 16.7. The molecule has 4 rings (SSSR count). The Bertz CT molecular complexity index is 1090. The Hall–Kier alpha value is -3.00. The number of benzene rings is 1. The summed E-state index contributed by atoms with van der Waals surface area (Å²) in [6.45, 7) is 6.54. The van der Waals surface area contributed by atoms with E-state index in [2.05, 4.69) is 22.3 Å². The van der Waals surface area contributed by atoms with Crippen molar-refractivity contribution >= 4 is 34.7 Å². The van der Waals surface area contributed by atoms with Crippen LogP contribution in [-0.4, -0.2) is 33.1 Å². The first-order valence-electron chi connectivity index (χ1n) is 9.92. The number of aryl methyl sites for hydroxylation is 1. The van der Waals surface area contributed by atoms with Crippen LogP contribution in [0.25, 0.3) is 0 Å². The second kappa shape index (κ2) is 7.68. The van der Waals surface area contributed by atoms with Gasteiger partial charge in [0.15, 0.2) is 5.82 Å². The monoisotopic (exact) mass is 423 g/mol. The molecule has 2 amide bonds. The molecule has 2 aromatic heterocycles. The molecule has 0 aliphatic carbocycles. The molecule has 7 nitrogen and oxygen atoms in total. The molecule has 1 aliphatic rings. The minimum absolute atomic E-state index is 0.0240. The van der Waals surface area contributed by atoms with Gasteiger partial charge in [0.2, 0.25) is 5.91 Å². The standard InChI is InChI=1S/C22H25N5O2S/c1-14(20-23-9-11-30-20)15-6-5-7-16(12-15)19(28)24-17-13-26(4)25-18(17)27-10-8-22(2,3)21(27)29/h5-7,9,11-14H,8,10H2,1-4H3,(H,24,28). The van der Waals surface area contributed by atoms with Gasteiger partial charge in [-0.25, -0.2) is 4.98 Å². The third-order valence-corrected chi connectivity index (χ3v) is 6.53. The van der Waals surface area contributed by atoms with Crippen molar-refractivity contribution in [1.29, 1.82) is 0 Å². The van der Waals surface area contributed by atoms with Gasteiger partial charge in [0.1, 0.15) is 5.69 Å². The number of carbonyl (C=O) groups is 2. The molecule has 1 atom stereocenters. The molecular weight excluding hydrogens is 398 g/mol. The molecule has 3 heterocycles. The summed E-state index contributed by atoms with van der Waals surface area (Å²) in [4.78, 5) is 31.8. The van der Waals surface area contributed by atoms with E-state index in [4.69, 9.17) is 0 Å². The predicted octanol–water partition coefficient (Wildman–Crippen LogP) is 4.04. The Morgan fingerprint density at radius 2 is 2.13 bits per heavy atom. The third kappa shape index (κ3) is 3.75. The topological polar surface area (TPSA) is 80.1 Å². The molecule has 1 aliphatic heterocycles. The van der Waals surface area contributed by atoms with E-state index in [1.54, 1.807) is 46.4 Å². The minimum atomic E-state index is -0.418. The van der Waals surface area contributed by atoms with E-state index in [9.17, 15) is 9.59 Å². The van der Waals surface area contributed by atoms with Crippen molar-refractivity contribution in [3.63, 3.8) is 0 Å². The first-order chi connectivity index (χ1) is 14.3. The van der Waals surface area contributed by atoms with Gasteiger partial charge in [0, 0.05) is 42.1 Å². The number of carbonyl (C=O) groups excluding carboxylic acids is 2. The molecule has 3 aromatic rings. The lowest BCUT2D eigenvalue weighted by Crippen LogP contribution is -2.32. The Kier molecular flexibility index (Phi) is 5.19. The fraction of sp³-hybridized carbons (Fsp3) is 0.364. The summed E-state index contributed by atoms with van der Waals surface area (Å²) >= 11 is 1.60. The average Bonchev–Trinajstić information content (AvgIpc) is 3.43. The smallest absolute Gasteiger partial charge is 0.255 e. The van der Waals surface area contributed by atoms with Crippen molar-refractivity contribution in [2.75, 3.05) is 16.8 Å². The van der Waals surface area contributed by atoms with Gasteiger partial charge in [-0.15, -0.1) is 11.3 Å². The van der Waals surface area contributed by atoms with E-state index >= 15 is 0 Å². The lowest BCUT2D eigenvalue weighted by Gasteiger charge is -2.19. The van der Waals surface area contributed by atoms with Crippen molar-refractivity contribution in [2.45, 2.75) is 33.1 Å². The molecule has 0 bridgehead atoms. The number of anilines is 2. The number of hydrogen-bond acceptors (Lipinski definition) is 5. The first-order valence-corrected chi connectivity index (χ1v) is 10.8. The number of amides is 2. The zero-order valence-corrected chi connectivity index (χ0v) is 18.4. The highest BCUT2D eigenvalue weighted by Gasteiger charge is 2.41. The Balaban J connectivity index is 1.57. The summed E-state index contributed by atoms with van der Waals surface area (Å²) in [5, 5.41) is 10.3. The Labute approximate surface area is 179 Å². The SMILES string of the molecule is CC(c1cccc(C(=O)Nc2cn(C)nc2N2CCC(C)(C)C2=O)c1)c1nccs1. The highest BCUT2D eigenvalue weighted by atomic mass is 32.1. The molecular formula is C22H25N5O2S. The van der Waals surface area contributed by atoms with Crippen LogP contribution in [0, 0.1) is 5.41 Å². The number of thiazole rings is 1. The predicted molar refractivity (Wildman–Crippen MR) is 118 cm³/mol. The number of aromatic nitrogens is 3. The molecule has 8 heteroatoms.